The SMILES string of the molecule is CSc1ccc(S(N)(=O)=O)cc1C(=O)N1CCOCC1. The fourth-order valence-electron chi connectivity index (χ4n) is 1.97. The van der Waals surface area contributed by atoms with Crippen LogP contribution < -0.4 is 5.14 Å². The zero-order chi connectivity index (χ0) is 14.8. The van der Waals surface area contributed by atoms with Gasteiger partial charge < -0.3 is 9.64 Å². The van der Waals surface area contributed by atoms with Gasteiger partial charge in [-0.15, -0.1) is 11.8 Å². The second-order valence-electron chi connectivity index (χ2n) is 4.31. The van der Waals surface area contributed by atoms with Gasteiger partial charge in [0.1, 0.15) is 0 Å². The minimum absolute atomic E-state index is 0.0492. The molecule has 0 radical (unpaired) electrons. The van der Waals surface area contributed by atoms with E-state index in [-0.39, 0.29) is 10.8 Å². The van der Waals surface area contributed by atoms with Crippen LogP contribution in [0.15, 0.2) is 28.0 Å². The van der Waals surface area contributed by atoms with Gasteiger partial charge in [-0.2, -0.15) is 0 Å². The van der Waals surface area contributed by atoms with Crippen LogP contribution in [-0.2, 0) is 14.8 Å². The van der Waals surface area contributed by atoms with Crippen molar-refractivity contribution < 1.29 is 17.9 Å². The highest BCUT2D eigenvalue weighted by molar-refractivity contribution is 7.98. The number of ether oxygens (including phenoxy) is 1. The molecule has 8 heteroatoms. The molecule has 1 aromatic carbocycles. The van der Waals surface area contributed by atoms with Crippen molar-refractivity contribution >= 4 is 27.7 Å². The van der Waals surface area contributed by atoms with Gasteiger partial charge in [-0.1, -0.05) is 0 Å². The van der Waals surface area contributed by atoms with Gasteiger partial charge in [0.05, 0.1) is 23.7 Å². The lowest BCUT2D eigenvalue weighted by atomic mass is 10.2. The van der Waals surface area contributed by atoms with E-state index >= 15 is 0 Å². The standard InChI is InChI=1S/C12H16N2O4S2/c1-19-11-3-2-9(20(13,16)17)8-10(11)12(15)14-4-6-18-7-5-14/h2-3,8H,4-7H2,1H3,(H2,13,16,17). The molecular formula is C12H16N2O4S2. The summed E-state index contributed by atoms with van der Waals surface area (Å²) in [5.41, 5.74) is 0.367. The number of thioether (sulfide) groups is 1. The molecule has 1 amide bonds. The van der Waals surface area contributed by atoms with Crippen LogP contribution in [0.4, 0.5) is 0 Å². The Morgan fingerprint density at radius 2 is 2.00 bits per heavy atom. The molecule has 1 fully saturated rings. The first kappa shape index (κ1) is 15.3. The monoisotopic (exact) mass is 316 g/mol. The van der Waals surface area contributed by atoms with E-state index in [4.69, 9.17) is 9.88 Å². The van der Waals surface area contributed by atoms with E-state index in [9.17, 15) is 13.2 Å². The van der Waals surface area contributed by atoms with Crippen molar-refractivity contribution in [2.45, 2.75) is 9.79 Å². The third-order valence-electron chi connectivity index (χ3n) is 3.03. The van der Waals surface area contributed by atoms with Gasteiger partial charge in [-0.3, -0.25) is 4.79 Å². The number of amides is 1. The third-order valence-corrected chi connectivity index (χ3v) is 4.74. The number of carbonyl (C=O) groups excluding carboxylic acids is 1. The lowest BCUT2D eigenvalue weighted by Gasteiger charge is -2.27. The maximum absolute atomic E-state index is 12.5. The Kier molecular flexibility index (Phi) is 4.69. The quantitative estimate of drug-likeness (QED) is 0.822. The van der Waals surface area contributed by atoms with E-state index in [1.165, 1.54) is 23.9 Å². The van der Waals surface area contributed by atoms with Gasteiger partial charge >= 0.3 is 0 Å². The lowest BCUT2D eigenvalue weighted by molar-refractivity contribution is 0.0300. The van der Waals surface area contributed by atoms with Crippen molar-refractivity contribution in [1.82, 2.24) is 4.90 Å². The number of morpholine rings is 1. The van der Waals surface area contributed by atoms with Gasteiger partial charge in [0.2, 0.25) is 10.0 Å². The average molecular weight is 316 g/mol. The maximum atomic E-state index is 12.5. The van der Waals surface area contributed by atoms with Gasteiger partial charge in [0.15, 0.2) is 0 Å². The number of nitrogens with two attached hydrogens (primary N) is 1. The first-order valence-electron chi connectivity index (χ1n) is 6.01. The van der Waals surface area contributed by atoms with Crippen LogP contribution >= 0.6 is 11.8 Å². The predicted molar refractivity (Wildman–Crippen MR) is 76.3 cm³/mol. The maximum Gasteiger partial charge on any atom is 0.255 e. The molecule has 1 aliphatic heterocycles. The Morgan fingerprint density at radius 3 is 2.55 bits per heavy atom. The minimum atomic E-state index is -3.82. The van der Waals surface area contributed by atoms with Crippen molar-refractivity contribution in [3.63, 3.8) is 0 Å². The first-order valence-corrected chi connectivity index (χ1v) is 8.78. The van der Waals surface area contributed by atoms with Crippen molar-refractivity contribution in [3.8, 4) is 0 Å². The largest absolute Gasteiger partial charge is 0.378 e. The minimum Gasteiger partial charge on any atom is -0.378 e. The van der Waals surface area contributed by atoms with Crippen molar-refractivity contribution in [2.75, 3.05) is 32.6 Å². The summed E-state index contributed by atoms with van der Waals surface area (Å²) in [5, 5.41) is 5.12. The number of rotatable bonds is 3. The molecule has 2 N–H and O–H groups in total. The Bertz CT molecular complexity index is 610. The molecule has 0 unspecified atom stereocenters. The molecule has 0 aromatic heterocycles. The van der Waals surface area contributed by atoms with Crippen LogP contribution in [0, 0.1) is 0 Å². The Labute approximate surface area is 122 Å². The fraction of sp³-hybridized carbons (Fsp3) is 0.417. The molecule has 0 spiro atoms. The summed E-state index contributed by atoms with van der Waals surface area (Å²) in [6.07, 6.45) is 1.84. The summed E-state index contributed by atoms with van der Waals surface area (Å²) >= 11 is 1.39. The first-order chi connectivity index (χ1) is 9.43. The number of carbonyl (C=O) groups is 1. The molecule has 1 heterocycles. The lowest BCUT2D eigenvalue weighted by Crippen LogP contribution is -2.41. The summed E-state index contributed by atoms with van der Waals surface area (Å²) in [5.74, 6) is -0.192. The van der Waals surface area contributed by atoms with Gasteiger partial charge in [0.25, 0.3) is 5.91 Å². The molecule has 0 atom stereocenters. The molecule has 20 heavy (non-hydrogen) atoms. The van der Waals surface area contributed by atoms with Crippen LogP contribution in [-0.4, -0.2) is 51.8 Å². The number of benzene rings is 1. The molecular weight excluding hydrogens is 300 g/mol. The summed E-state index contributed by atoms with van der Waals surface area (Å²) in [6, 6.07) is 4.37. The Hall–Kier alpha value is -1.09. The van der Waals surface area contributed by atoms with E-state index in [1.54, 1.807) is 11.0 Å². The summed E-state index contributed by atoms with van der Waals surface area (Å²) in [6.45, 7) is 2.00. The highest BCUT2D eigenvalue weighted by atomic mass is 32.2. The zero-order valence-electron chi connectivity index (χ0n) is 11.0. The van der Waals surface area contributed by atoms with Crippen LogP contribution in [0.25, 0.3) is 0 Å². The van der Waals surface area contributed by atoms with E-state index in [2.05, 4.69) is 0 Å². The summed E-state index contributed by atoms with van der Waals surface area (Å²) in [7, 11) is -3.82. The van der Waals surface area contributed by atoms with E-state index < -0.39 is 10.0 Å². The molecule has 110 valence electrons. The summed E-state index contributed by atoms with van der Waals surface area (Å²) in [4.78, 5) is 14.8. The van der Waals surface area contributed by atoms with Crippen LogP contribution in [0.1, 0.15) is 10.4 Å². The van der Waals surface area contributed by atoms with Crippen molar-refractivity contribution in [1.29, 1.82) is 0 Å². The van der Waals surface area contributed by atoms with Crippen LogP contribution in [0.5, 0.6) is 0 Å². The molecule has 2 rings (SSSR count). The normalized spacial score (nSPS) is 16.2. The summed E-state index contributed by atoms with van der Waals surface area (Å²) < 4.78 is 28.0. The smallest absolute Gasteiger partial charge is 0.255 e. The van der Waals surface area contributed by atoms with E-state index in [1.807, 2.05) is 6.26 Å². The third kappa shape index (κ3) is 3.32. The second-order valence-corrected chi connectivity index (χ2v) is 6.72. The van der Waals surface area contributed by atoms with E-state index in [0.29, 0.717) is 31.9 Å². The molecule has 1 aromatic rings. The van der Waals surface area contributed by atoms with Crippen LogP contribution in [0.2, 0.25) is 0 Å². The topological polar surface area (TPSA) is 89.7 Å². The van der Waals surface area contributed by atoms with Crippen molar-refractivity contribution in [3.05, 3.63) is 23.8 Å². The molecule has 0 aliphatic carbocycles. The average Bonchev–Trinajstić information content (AvgIpc) is 2.45. The van der Waals surface area contributed by atoms with Gasteiger partial charge in [0, 0.05) is 18.0 Å². The molecule has 0 saturated carbocycles. The highest BCUT2D eigenvalue weighted by Crippen LogP contribution is 2.25. The zero-order valence-corrected chi connectivity index (χ0v) is 12.7. The number of sulfonamides is 1. The van der Waals surface area contributed by atoms with Gasteiger partial charge in [-0.05, 0) is 24.5 Å². The van der Waals surface area contributed by atoms with Gasteiger partial charge in [-0.25, -0.2) is 13.6 Å². The number of primary sulfonamides is 1. The van der Waals surface area contributed by atoms with E-state index in [0.717, 1.165) is 4.90 Å². The van der Waals surface area contributed by atoms with Crippen molar-refractivity contribution in [2.24, 2.45) is 5.14 Å². The van der Waals surface area contributed by atoms with Crippen LogP contribution in [0.3, 0.4) is 0 Å². The molecule has 6 nitrogen and oxygen atoms in total. The second kappa shape index (κ2) is 6.13. The fourth-order valence-corrected chi connectivity index (χ4v) is 3.08. The molecule has 1 saturated heterocycles. The Morgan fingerprint density at radius 1 is 1.35 bits per heavy atom. The number of nitrogens with zero attached hydrogens (tertiary/aromatic N) is 1. The number of hydrogen-bond acceptors (Lipinski definition) is 5. The number of hydrogen-bond donors (Lipinski definition) is 1. The Balaban J connectivity index is 2.39. The molecule has 0 bridgehead atoms. The highest BCUT2D eigenvalue weighted by Gasteiger charge is 2.22. The predicted octanol–water partition coefficient (Wildman–Crippen LogP) is 0.528. The molecule has 1 aliphatic rings.